The zero-order valence-corrected chi connectivity index (χ0v) is 12.4. The predicted octanol–water partition coefficient (Wildman–Crippen LogP) is 4.14. The molecular weight excluding hydrogens is 275 g/mol. The van der Waals surface area contributed by atoms with Gasteiger partial charge in [-0.15, -0.1) is 0 Å². The number of benzene rings is 2. The van der Waals surface area contributed by atoms with Gasteiger partial charge in [0, 0.05) is 29.9 Å². The van der Waals surface area contributed by atoms with E-state index < -0.39 is 0 Å². The molecular formula is C16H18ClFN2. The van der Waals surface area contributed by atoms with E-state index in [1.165, 1.54) is 6.07 Å². The highest BCUT2D eigenvalue weighted by molar-refractivity contribution is 6.30. The van der Waals surface area contributed by atoms with Crippen LogP contribution in [0, 0.1) is 5.82 Å². The average Bonchev–Trinajstić information content (AvgIpc) is 2.46. The summed E-state index contributed by atoms with van der Waals surface area (Å²) < 4.78 is 13.8. The summed E-state index contributed by atoms with van der Waals surface area (Å²) in [6.45, 7) is 2.28. The monoisotopic (exact) mass is 292 g/mol. The molecule has 0 heterocycles. The van der Waals surface area contributed by atoms with Crippen molar-refractivity contribution in [3.05, 3.63) is 64.4 Å². The second kappa shape index (κ2) is 6.25. The molecule has 0 fully saturated rings. The summed E-state index contributed by atoms with van der Waals surface area (Å²) in [6.07, 6.45) is 0. The molecule has 1 unspecified atom stereocenters. The molecule has 0 aliphatic rings. The Kier molecular flexibility index (Phi) is 4.63. The summed E-state index contributed by atoms with van der Waals surface area (Å²) in [4.78, 5) is 2.02. The van der Waals surface area contributed by atoms with E-state index in [1.54, 1.807) is 6.07 Å². The number of nitrogens with zero attached hydrogens (tertiary/aromatic N) is 1. The normalized spacial score (nSPS) is 12.2. The van der Waals surface area contributed by atoms with Gasteiger partial charge in [-0.3, -0.25) is 0 Å². The Morgan fingerprint density at radius 1 is 1.20 bits per heavy atom. The second-order valence-electron chi connectivity index (χ2n) is 4.82. The minimum atomic E-state index is -0.264. The molecule has 2 nitrogen and oxygen atoms in total. The fraction of sp³-hybridized carbons (Fsp3) is 0.250. The van der Waals surface area contributed by atoms with Gasteiger partial charge in [-0.2, -0.15) is 0 Å². The third-order valence-corrected chi connectivity index (χ3v) is 3.85. The maximum Gasteiger partial charge on any atom is 0.129 e. The van der Waals surface area contributed by atoms with Crippen molar-refractivity contribution in [2.24, 2.45) is 5.73 Å². The molecule has 0 spiro atoms. The van der Waals surface area contributed by atoms with Crippen molar-refractivity contribution in [3.8, 4) is 0 Å². The topological polar surface area (TPSA) is 29.3 Å². The Bertz CT molecular complexity index is 584. The summed E-state index contributed by atoms with van der Waals surface area (Å²) >= 11 is 5.89. The van der Waals surface area contributed by atoms with Crippen LogP contribution in [0.1, 0.15) is 24.1 Å². The molecule has 0 saturated heterocycles. The fourth-order valence-corrected chi connectivity index (χ4v) is 2.24. The third-order valence-electron chi connectivity index (χ3n) is 3.60. The van der Waals surface area contributed by atoms with Crippen molar-refractivity contribution in [2.45, 2.75) is 19.5 Å². The minimum absolute atomic E-state index is 0.121. The van der Waals surface area contributed by atoms with E-state index in [1.807, 2.05) is 42.3 Å². The Balaban J connectivity index is 2.24. The molecule has 0 aliphatic carbocycles. The zero-order chi connectivity index (χ0) is 14.7. The summed E-state index contributed by atoms with van der Waals surface area (Å²) in [5.74, 6) is -0.264. The van der Waals surface area contributed by atoms with Crippen molar-refractivity contribution < 1.29 is 4.39 Å². The first kappa shape index (κ1) is 14.8. The van der Waals surface area contributed by atoms with Gasteiger partial charge in [0.1, 0.15) is 5.82 Å². The summed E-state index contributed by atoms with van der Waals surface area (Å²) in [7, 11) is 1.94. The van der Waals surface area contributed by atoms with Gasteiger partial charge in [-0.1, -0.05) is 29.8 Å². The molecule has 2 rings (SSSR count). The van der Waals surface area contributed by atoms with E-state index >= 15 is 0 Å². The molecule has 0 amide bonds. The molecule has 0 aromatic heterocycles. The Morgan fingerprint density at radius 3 is 2.40 bits per heavy atom. The van der Waals surface area contributed by atoms with Crippen molar-refractivity contribution in [3.63, 3.8) is 0 Å². The van der Waals surface area contributed by atoms with Gasteiger partial charge in [-0.05, 0) is 36.8 Å². The first-order valence-corrected chi connectivity index (χ1v) is 6.87. The van der Waals surface area contributed by atoms with Gasteiger partial charge in [0.2, 0.25) is 0 Å². The van der Waals surface area contributed by atoms with Crippen LogP contribution in [0.25, 0.3) is 0 Å². The highest BCUT2D eigenvalue weighted by atomic mass is 35.5. The summed E-state index contributed by atoms with van der Waals surface area (Å²) in [5, 5.41) is 0.710. The molecule has 4 heteroatoms. The maximum atomic E-state index is 13.8. The van der Waals surface area contributed by atoms with Crippen LogP contribution in [0.5, 0.6) is 0 Å². The number of nitrogens with two attached hydrogens (primary N) is 1. The van der Waals surface area contributed by atoms with Crippen molar-refractivity contribution in [1.82, 2.24) is 0 Å². The number of halogens is 2. The molecule has 0 radical (unpaired) electrons. The standard InChI is InChI=1S/C16H18ClFN2/c1-11(12-3-6-14(17)7-4-12)20(2)15-8-5-13(10-19)16(18)9-15/h3-9,11H,10,19H2,1-2H3. The molecule has 2 aromatic carbocycles. The smallest absolute Gasteiger partial charge is 0.129 e. The van der Waals surface area contributed by atoms with Crippen molar-refractivity contribution in [2.75, 3.05) is 11.9 Å². The summed E-state index contributed by atoms with van der Waals surface area (Å²) in [6, 6.07) is 12.9. The lowest BCUT2D eigenvalue weighted by atomic mass is 10.1. The van der Waals surface area contributed by atoms with Crippen molar-refractivity contribution >= 4 is 17.3 Å². The lowest BCUT2D eigenvalue weighted by Gasteiger charge is -2.27. The van der Waals surface area contributed by atoms with Crippen LogP contribution in [0.15, 0.2) is 42.5 Å². The van der Waals surface area contributed by atoms with Gasteiger partial charge in [0.15, 0.2) is 0 Å². The van der Waals surface area contributed by atoms with Gasteiger partial charge in [0.25, 0.3) is 0 Å². The Labute approximate surface area is 124 Å². The lowest BCUT2D eigenvalue weighted by Crippen LogP contribution is -2.21. The molecule has 20 heavy (non-hydrogen) atoms. The molecule has 106 valence electrons. The van der Waals surface area contributed by atoms with Crippen LogP contribution in [-0.2, 0) is 6.54 Å². The van der Waals surface area contributed by atoms with Crippen molar-refractivity contribution in [1.29, 1.82) is 0 Å². The largest absolute Gasteiger partial charge is 0.368 e. The molecule has 0 bridgehead atoms. The Hall–Kier alpha value is -1.58. The third kappa shape index (κ3) is 3.11. The van der Waals surface area contributed by atoms with Gasteiger partial charge in [-0.25, -0.2) is 4.39 Å². The fourth-order valence-electron chi connectivity index (χ4n) is 2.11. The van der Waals surface area contributed by atoms with E-state index in [0.717, 1.165) is 11.3 Å². The average molecular weight is 293 g/mol. The molecule has 0 aliphatic heterocycles. The minimum Gasteiger partial charge on any atom is -0.368 e. The number of hydrogen-bond acceptors (Lipinski definition) is 2. The summed E-state index contributed by atoms with van der Waals surface area (Å²) in [5.41, 5.74) is 7.95. The second-order valence-corrected chi connectivity index (χ2v) is 5.25. The highest BCUT2D eigenvalue weighted by Crippen LogP contribution is 2.27. The van der Waals surface area contributed by atoms with Gasteiger partial charge >= 0.3 is 0 Å². The van der Waals surface area contributed by atoms with Crippen LogP contribution in [0.4, 0.5) is 10.1 Å². The first-order valence-electron chi connectivity index (χ1n) is 6.49. The van der Waals surface area contributed by atoms with Crippen LogP contribution < -0.4 is 10.6 Å². The SMILES string of the molecule is CC(c1ccc(Cl)cc1)N(C)c1ccc(CN)c(F)c1. The first-order chi connectivity index (χ1) is 9.52. The lowest BCUT2D eigenvalue weighted by molar-refractivity contribution is 0.608. The number of hydrogen-bond donors (Lipinski definition) is 1. The van der Waals surface area contributed by atoms with Crippen LogP contribution in [0.2, 0.25) is 5.02 Å². The Morgan fingerprint density at radius 2 is 1.85 bits per heavy atom. The van der Waals surface area contributed by atoms with E-state index in [4.69, 9.17) is 17.3 Å². The molecule has 2 aromatic rings. The number of rotatable bonds is 4. The molecule has 2 N–H and O–H groups in total. The van der Waals surface area contributed by atoms with E-state index in [0.29, 0.717) is 10.6 Å². The zero-order valence-electron chi connectivity index (χ0n) is 11.6. The highest BCUT2D eigenvalue weighted by Gasteiger charge is 2.13. The van der Waals surface area contributed by atoms with Crippen LogP contribution >= 0.6 is 11.6 Å². The van der Waals surface area contributed by atoms with Crippen LogP contribution in [-0.4, -0.2) is 7.05 Å². The maximum absolute atomic E-state index is 13.8. The number of anilines is 1. The molecule has 0 saturated carbocycles. The van der Waals surface area contributed by atoms with Gasteiger partial charge < -0.3 is 10.6 Å². The van der Waals surface area contributed by atoms with E-state index in [2.05, 4.69) is 6.92 Å². The van der Waals surface area contributed by atoms with Gasteiger partial charge in [0.05, 0.1) is 6.04 Å². The quantitative estimate of drug-likeness (QED) is 0.918. The molecule has 1 atom stereocenters. The van der Waals surface area contributed by atoms with Crippen LogP contribution in [0.3, 0.4) is 0 Å². The predicted molar refractivity (Wildman–Crippen MR) is 82.6 cm³/mol. The van der Waals surface area contributed by atoms with E-state index in [9.17, 15) is 4.39 Å². The van der Waals surface area contributed by atoms with E-state index in [-0.39, 0.29) is 18.4 Å².